The first-order chi connectivity index (χ1) is 6.59. The fourth-order valence-electron chi connectivity index (χ4n) is 0.997. The minimum atomic E-state index is -2.32. The molecule has 1 aromatic carbocycles. The molecule has 1 unspecified atom stereocenters. The normalized spacial score (nSPS) is 12.6. The second kappa shape index (κ2) is 4.97. The summed E-state index contributed by atoms with van der Waals surface area (Å²) in [7, 11) is 0. The molecule has 0 fully saturated rings. The van der Waals surface area contributed by atoms with Gasteiger partial charge in [0.05, 0.1) is 11.8 Å². The lowest BCUT2D eigenvalue weighted by Crippen LogP contribution is -2.09. The van der Waals surface area contributed by atoms with Crippen LogP contribution in [0.3, 0.4) is 0 Å². The highest BCUT2D eigenvalue weighted by Crippen LogP contribution is 2.24. The van der Waals surface area contributed by atoms with Gasteiger partial charge in [0.1, 0.15) is 5.75 Å². The Morgan fingerprint density at radius 3 is 2.64 bits per heavy atom. The number of rotatable bonds is 4. The molecule has 0 aliphatic rings. The van der Waals surface area contributed by atoms with Gasteiger partial charge in [-0.2, -0.15) is 0 Å². The van der Waals surface area contributed by atoms with Gasteiger partial charge in [-0.25, -0.2) is 0 Å². The van der Waals surface area contributed by atoms with Crippen LogP contribution >= 0.6 is 0 Å². The summed E-state index contributed by atoms with van der Waals surface area (Å²) in [6, 6.07) is 6.89. The number of hydrogen-bond acceptors (Lipinski definition) is 3. The Bertz CT molecular complexity index is 328. The third kappa shape index (κ3) is 3.35. The predicted molar refractivity (Wildman–Crippen MR) is 54.7 cm³/mol. The first kappa shape index (κ1) is 11.0. The maximum Gasteiger partial charge on any atom is 0.143 e. The summed E-state index contributed by atoms with van der Waals surface area (Å²) < 4.78 is 28.6. The van der Waals surface area contributed by atoms with Crippen molar-refractivity contribution in [3.63, 3.8) is 0 Å². The number of ether oxygens (including phenoxy) is 1. The number of hydrogen-bond donors (Lipinski definition) is 1. The van der Waals surface area contributed by atoms with Crippen molar-refractivity contribution >= 4 is 17.0 Å². The molecule has 1 rings (SSSR count). The summed E-state index contributed by atoms with van der Waals surface area (Å²) in [6.07, 6.45) is 0.0121. The maximum absolute atomic E-state index is 10.4. The molecule has 0 bridgehead atoms. The van der Waals surface area contributed by atoms with Crippen molar-refractivity contribution in [1.29, 1.82) is 0 Å². The van der Waals surface area contributed by atoms with Crippen LogP contribution in [0.2, 0.25) is 0 Å². The van der Waals surface area contributed by atoms with Crippen LogP contribution in [0.1, 0.15) is 13.8 Å². The molecule has 1 aromatic rings. The van der Waals surface area contributed by atoms with Gasteiger partial charge in [0, 0.05) is 11.3 Å². The van der Waals surface area contributed by atoms with Gasteiger partial charge in [0.15, 0.2) is 0 Å². The summed E-state index contributed by atoms with van der Waals surface area (Å²) in [4.78, 5) is 0. The van der Waals surface area contributed by atoms with E-state index in [2.05, 4.69) is 4.72 Å². The molecule has 0 aromatic heterocycles. The smallest absolute Gasteiger partial charge is 0.143 e. The first-order valence-corrected chi connectivity index (χ1v) is 5.28. The number of nitrogens with one attached hydrogen (secondary N) is 1. The molecule has 0 saturated carbocycles. The van der Waals surface area contributed by atoms with Gasteiger partial charge < -0.3 is 14.0 Å². The highest BCUT2D eigenvalue weighted by atomic mass is 32.2. The van der Waals surface area contributed by atoms with E-state index in [1.54, 1.807) is 24.3 Å². The Kier molecular flexibility index (Phi) is 3.91. The summed E-state index contributed by atoms with van der Waals surface area (Å²) in [5, 5.41) is 0. The average molecular weight is 214 g/mol. The summed E-state index contributed by atoms with van der Waals surface area (Å²) in [5.74, 6) is 0.534. The topological polar surface area (TPSA) is 61.4 Å². The van der Waals surface area contributed by atoms with Crippen molar-refractivity contribution in [2.45, 2.75) is 20.0 Å². The zero-order valence-electron chi connectivity index (χ0n) is 8.02. The van der Waals surface area contributed by atoms with E-state index < -0.39 is 11.3 Å². The van der Waals surface area contributed by atoms with Crippen LogP contribution in [0, 0.1) is 0 Å². The highest BCUT2D eigenvalue weighted by Gasteiger charge is 2.03. The third-order valence-electron chi connectivity index (χ3n) is 1.44. The first-order valence-electron chi connectivity index (χ1n) is 4.21. The Morgan fingerprint density at radius 1 is 1.43 bits per heavy atom. The Hall–Kier alpha value is -1.07. The molecule has 0 amide bonds. The van der Waals surface area contributed by atoms with E-state index in [1.165, 1.54) is 0 Å². The van der Waals surface area contributed by atoms with Gasteiger partial charge in [-0.05, 0) is 26.0 Å². The maximum atomic E-state index is 10.4. The van der Waals surface area contributed by atoms with Crippen LogP contribution in [-0.4, -0.2) is 14.9 Å². The molecule has 1 N–H and O–H groups in total. The molecule has 0 heterocycles. The van der Waals surface area contributed by atoms with Crippen molar-refractivity contribution < 1.29 is 13.5 Å². The fourth-order valence-corrected chi connectivity index (χ4v) is 1.35. The van der Waals surface area contributed by atoms with E-state index in [4.69, 9.17) is 4.74 Å². The van der Waals surface area contributed by atoms with E-state index in [0.717, 1.165) is 0 Å². The molecule has 5 heteroatoms. The Balaban J connectivity index is 2.85. The number of para-hydroxylation sites is 2. The number of anilines is 1. The summed E-state index contributed by atoms with van der Waals surface area (Å²) >= 11 is -2.32. The SMILES string of the molecule is CC(C)Oc1ccccc1NS(=O)[O-]. The Morgan fingerprint density at radius 2 is 2.07 bits per heavy atom. The molecule has 0 saturated heterocycles. The lowest BCUT2D eigenvalue weighted by atomic mass is 10.3. The predicted octanol–water partition coefficient (Wildman–Crippen LogP) is 1.68. The molecule has 0 radical (unpaired) electrons. The van der Waals surface area contributed by atoms with Crippen molar-refractivity contribution in [2.75, 3.05) is 4.72 Å². The van der Waals surface area contributed by atoms with Gasteiger partial charge in [0.2, 0.25) is 0 Å². The van der Waals surface area contributed by atoms with Crippen LogP contribution in [0.5, 0.6) is 5.75 Å². The summed E-state index contributed by atoms with van der Waals surface area (Å²) in [6.45, 7) is 3.76. The highest BCUT2D eigenvalue weighted by molar-refractivity contribution is 7.80. The zero-order chi connectivity index (χ0) is 10.6. The van der Waals surface area contributed by atoms with Crippen molar-refractivity contribution in [3.05, 3.63) is 24.3 Å². The van der Waals surface area contributed by atoms with E-state index in [9.17, 15) is 8.76 Å². The molecular formula is C9H12NO3S-. The number of benzene rings is 1. The average Bonchev–Trinajstić information content (AvgIpc) is 2.06. The second-order valence-electron chi connectivity index (χ2n) is 3.00. The van der Waals surface area contributed by atoms with E-state index in [0.29, 0.717) is 11.4 Å². The molecule has 14 heavy (non-hydrogen) atoms. The van der Waals surface area contributed by atoms with Crippen molar-refractivity contribution in [2.24, 2.45) is 0 Å². The van der Waals surface area contributed by atoms with E-state index >= 15 is 0 Å². The quantitative estimate of drug-likeness (QED) is 0.776. The zero-order valence-corrected chi connectivity index (χ0v) is 8.84. The molecule has 4 nitrogen and oxygen atoms in total. The van der Waals surface area contributed by atoms with Crippen LogP contribution in [0.25, 0.3) is 0 Å². The molecule has 78 valence electrons. The van der Waals surface area contributed by atoms with Crippen LogP contribution in [0.15, 0.2) is 24.3 Å². The minimum Gasteiger partial charge on any atom is -0.755 e. The minimum absolute atomic E-state index is 0.0121. The van der Waals surface area contributed by atoms with Crippen molar-refractivity contribution in [3.8, 4) is 5.75 Å². The molecule has 0 aliphatic carbocycles. The van der Waals surface area contributed by atoms with Gasteiger partial charge in [-0.1, -0.05) is 12.1 Å². The second-order valence-corrected chi connectivity index (χ2v) is 3.67. The van der Waals surface area contributed by atoms with Gasteiger partial charge in [-0.3, -0.25) is 4.21 Å². The van der Waals surface area contributed by atoms with Crippen LogP contribution in [-0.2, 0) is 11.3 Å². The lowest BCUT2D eigenvalue weighted by molar-refractivity contribution is 0.244. The van der Waals surface area contributed by atoms with Gasteiger partial charge in [-0.15, -0.1) is 0 Å². The van der Waals surface area contributed by atoms with Crippen molar-refractivity contribution in [1.82, 2.24) is 0 Å². The van der Waals surface area contributed by atoms with Crippen LogP contribution in [0.4, 0.5) is 5.69 Å². The fraction of sp³-hybridized carbons (Fsp3) is 0.333. The Labute approximate surface area is 85.7 Å². The standard InChI is InChI=1S/C9H13NO3S/c1-7(2)13-9-6-4-3-5-8(9)10-14(11)12/h3-7,10H,1-2H3,(H,11,12)/p-1. The molecular weight excluding hydrogens is 202 g/mol. The largest absolute Gasteiger partial charge is 0.755 e. The van der Waals surface area contributed by atoms with Crippen LogP contribution < -0.4 is 9.46 Å². The summed E-state index contributed by atoms with van der Waals surface area (Å²) in [5.41, 5.74) is 0.453. The monoisotopic (exact) mass is 214 g/mol. The molecule has 0 aliphatic heterocycles. The van der Waals surface area contributed by atoms with E-state index in [1.807, 2.05) is 13.8 Å². The van der Waals surface area contributed by atoms with E-state index in [-0.39, 0.29) is 6.10 Å². The van der Waals surface area contributed by atoms with Gasteiger partial charge in [0.25, 0.3) is 0 Å². The lowest BCUT2D eigenvalue weighted by Gasteiger charge is -2.16. The molecule has 1 atom stereocenters. The van der Waals surface area contributed by atoms with Gasteiger partial charge >= 0.3 is 0 Å². The molecule has 0 spiro atoms. The third-order valence-corrected chi connectivity index (χ3v) is 1.83.